The van der Waals surface area contributed by atoms with Gasteiger partial charge in [-0.05, 0) is 123 Å². The summed E-state index contributed by atoms with van der Waals surface area (Å²) in [6, 6.07) is 6.43. The van der Waals surface area contributed by atoms with Gasteiger partial charge in [0, 0.05) is 41.2 Å². The van der Waals surface area contributed by atoms with Gasteiger partial charge in [0.15, 0.2) is 8.32 Å². The summed E-state index contributed by atoms with van der Waals surface area (Å²) >= 11 is 0. The molecule has 2 atom stereocenters. The Labute approximate surface area is 261 Å². The van der Waals surface area contributed by atoms with Crippen molar-refractivity contribution in [2.75, 3.05) is 5.32 Å². The van der Waals surface area contributed by atoms with Crippen LogP contribution in [0.3, 0.4) is 0 Å². The topological polar surface area (TPSA) is 90.3 Å². The number of hydrogen-bond donors (Lipinski definition) is 2. The van der Waals surface area contributed by atoms with E-state index in [9.17, 15) is 4.79 Å². The van der Waals surface area contributed by atoms with E-state index in [-0.39, 0.29) is 28.3 Å². The molecule has 0 spiro atoms. The average molecular weight is 612 g/mol. The molecule has 2 fully saturated rings. The van der Waals surface area contributed by atoms with Crippen LogP contribution in [0.1, 0.15) is 118 Å². The van der Waals surface area contributed by atoms with Gasteiger partial charge in [0.05, 0.1) is 11.2 Å². The third kappa shape index (κ3) is 9.07. The van der Waals surface area contributed by atoms with Crippen molar-refractivity contribution >= 4 is 25.9 Å². The molecule has 43 heavy (non-hydrogen) atoms. The van der Waals surface area contributed by atoms with E-state index < -0.39 is 8.32 Å². The van der Waals surface area contributed by atoms with Crippen molar-refractivity contribution in [2.24, 2.45) is 5.92 Å². The van der Waals surface area contributed by atoms with E-state index in [1.54, 1.807) is 0 Å². The molecule has 2 heterocycles. The van der Waals surface area contributed by atoms with E-state index in [2.05, 4.69) is 87.1 Å². The highest BCUT2D eigenvalue weighted by Gasteiger charge is 2.41. The second-order valence-electron chi connectivity index (χ2n) is 16.5. The van der Waals surface area contributed by atoms with Crippen LogP contribution in [0.5, 0.6) is 0 Å². The molecule has 0 saturated heterocycles. The zero-order chi connectivity index (χ0) is 31.8. The molecule has 2 aromatic rings. The number of ether oxygens (including phenoxy) is 1. The maximum atomic E-state index is 12.0. The summed E-state index contributed by atoms with van der Waals surface area (Å²) in [6.07, 6.45) is 8.97. The van der Waals surface area contributed by atoms with Crippen LogP contribution in [0, 0.1) is 5.92 Å². The molecule has 240 valence electrons. The molecule has 2 aliphatic rings. The monoisotopic (exact) mass is 611 g/mol. The summed E-state index contributed by atoms with van der Waals surface area (Å²) in [6.45, 7) is 24.1. The summed E-state index contributed by atoms with van der Waals surface area (Å²) in [4.78, 5) is 16.7. The van der Waals surface area contributed by atoms with Crippen LogP contribution in [0.15, 0.2) is 24.4 Å². The summed E-state index contributed by atoms with van der Waals surface area (Å²) in [5, 5.41) is 11.9. The van der Waals surface area contributed by atoms with Crippen molar-refractivity contribution in [1.29, 1.82) is 0 Å². The molecule has 0 aromatic carbocycles. The van der Waals surface area contributed by atoms with Gasteiger partial charge in [0.25, 0.3) is 0 Å². The third-order valence-electron chi connectivity index (χ3n) is 9.27. The molecule has 2 saturated carbocycles. The number of aryl methyl sites for hydroxylation is 1. The molecule has 8 nitrogen and oxygen atoms in total. The predicted octanol–water partition coefficient (Wildman–Crippen LogP) is 8.67. The summed E-state index contributed by atoms with van der Waals surface area (Å²) in [5.74, 6) is 1.99. The molecule has 1 amide bonds. The van der Waals surface area contributed by atoms with E-state index in [0.29, 0.717) is 17.9 Å². The van der Waals surface area contributed by atoms with Gasteiger partial charge < -0.3 is 19.8 Å². The molecule has 0 radical (unpaired) electrons. The minimum absolute atomic E-state index is 0.0222. The fourth-order valence-corrected chi connectivity index (χ4v) is 7.20. The van der Waals surface area contributed by atoms with Crippen LogP contribution in [0.25, 0.3) is 0 Å². The Hall–Kier alpha value is -2.39. The summed E-state index contributed by atoms with van der Waals surface area (Å²) in [5.41, 5.74) is 2.82. The lowest BCUT2D eigenvalue weighted by Crippen LogP contribution is -2.44. The standard InChI is InChI=1S/C34H57N5O3Si/c1-32(2,3)37-31(40)41-28-18-23(19-28)12-14-25-21-26(16-17-35-25)36-30-22-29(38-39(30)33(4,5)6)24-13-15-27(20-24)42-43(10,11)34(7,8)9/h16-17,21-24,27-28H,12-15,18-20H2,1-11H3,(H,35,36)(H,37,40)/t23?,24-,27+,28?/m0/s1. The van der Waals surface area contributed by atoms with Crippen molar-refractivity contribution in [1.82, 2.24) is 20.1 Å². The number of hydrogen-bond acceptors (Lipinski definition) is 6. The molecule has 0 unspecified atom stereocenters. The number of anilines is 2. The molecule has 2 N–H and O–H groups in total. The van der Waals surface area contributed by atoms with Crippen molar-refractivity contribution in [3.05, 3.63) is 35.8 Å². The largest absolute Gasteiger partial charge is 0.446 e. The van der Waals surface area contributed by atoms with Crippen molar-refractivity contribution in [2.45, 2.75) is 155 Å². The number of aromatic nitrogens is 3. The van der Waals surface area contributed by atoms with Crippen LogP contribution in [0.2, 0.25) is 18.1 Å². The molecule has 2 aliphatic carbocycles. The van der Waals surface area contributed by atoms with E-state index >= 15 is 0 Å². The van der Waals surface area contributed by atoms with Gasteiger partial charge in [-0.15, -0.1) is 0 Å². The Balaban J connectivity index is 1.34. The normalized spacial score (nSPS) is 23.1. The lowest BCUT2D eigenvalue weighted by Gasteiger charge is -2.38. The second-order valence-corrected chi connectivity index (χ2v) is 21.2. The fourth-order valence-electron chi connectivity index (χ4n) is 5.79. The van der Waals surface area contributed by atoms with Gasteiger partial charge in [-0.3, -0.25) is 4.98 Å². The number of pyridine rings is 1. The molecule has 4 rings (SSSR count). The highest BCUT2D eigenvalue weighted by atomic mass is 28.4. The van der Waals surface area contributed by atoms with Crippen LogP contribution in [-0.4, -0.2) is 46.9 Å². The van der Waals surface area contributed by atoms with Crippen LogP contribution >= 0.6 is 0 Å². The minimum atomic E-state index is -1.79. The van der Waals surface area contributed by atoms with Crippen molar-refractivity contribution in [3.63, 3.8) is 0 Å². The van der Waals surface area contributed by atoms with E-state index in [1.807, 2.05) is 33.0 Å². The van der Waals surface area contributed by atoms with E-state index in [1.165, 1.54) is 0 Å². The fraction of sp³-hybridized carbons (Fsp3) is 0.735. The molecule has 0 aliphatic heterocycles. The zero-order valence-corrected chi connectivity index (χ0v) is 29.6. The first-order valence-electron chi connectivity index (χ1n) is 16.3. The Morgan fingerprint density at radius 2 is 1.70 bits per heavy atom. The van der Waals surface area contributed by atoms with Gasteiger partial charge >= 0.3 is 6.09 Å². The number of alkyl carbamates (subject to hydrolysis) is 1. The van der Waals surface area contributed by atoms with Gasteiger partial charge in [-0.25, -0.2) is 9.48 Å². The third-order valence-corrected chi connectivity index (χ3v) is 13.8. The van der Waals surface area contributed by atoms with Gasteiger partial charge in [0.1, 0.15) is 11.9 Å². The zero-order valence-electron chi connectivity index (χ0n) is 28.6. The number of nitrogens with one attached hydrogen (secondary N) is 2. The number of amides is 1. The predicted molar refractivity (Wildman–Crippen MR) is 178 cm³/mol. The van der Waals surface area contributed by atoms with Gasteiger partial charge in [-0.2, -0.15) is 5.10 Å². The summed E-state index contributed by atoms with van der Waals surface area (Å²) < 4.78 is 14.5. The van der Waals surface area contributed by atoms with E-state index in [4.69, 9.17) is 14.3 Å². The van der Waals surface area contributed by atoms with E-state index in [0.717, 1.165) is 67.8 Å². The minimum Gasteiger partial charge on any atom is -0.446 e. The Kier molecular flexibility index (Phi) is 9.77. The Morgan fingerprint density at radius 3 is 2.33 bits per heavy atom. The number of rotatable bonds is 9. The molecular weight excluding hydrogens is 554 g/mol. The second kappa shape index (κ2) is 12.5. The number of carbonyl (C=O) groups excluding carboxylic acids is 1. The first-order valence-corrected chi connectivity index (χ1v) is 19.2. The van der Waals surface area contributed by atoms with Crippen LogP contribution in [-0.2, 0) is 21.1 Å². The highest BCUT2D eigenvalue weighted by Crippen LogP contribution is 2.43. The van der Waals surface area contributed by atoms with Gasteiger partial charge in [-0.1, -0.05) is 20.8 Å². The maximum absolute atomic E-state index is 12.0. The van der Waals surface area contributed by atoms with Gasteiger partial charge in [0.2, 0.25) is 0 Å². The summed E-state index contributed by atoms with van der Waals surface area (Å²) in [7, 11) is -1.79. The molecule has 0 bridgehead atoms. The lowest BCUT2D eigenvalue weighted by molar-refractivity contribution is 0.0120. The number of carbonyl (C=O) groups is 1. The number of nitrogens with zero attached hydrogens (tertiary/aromatic N) is 3. The van der Waals surface area contributed by atoms with Crippen LogP contribution < -0.4 is 10.6 Å². The quantitative estimate of drug-likeness (QED) is 0.276. The highest BCUT2D eigenvalue weighted by molar-refractivity contribution is 6.74. The molecule has 2 aromatic heterocycles. The first kappa shape index (κ1) is 33.5. The smallest absolute Gasteiger partial charge is 0.407 e. The van der Waals surface area contributed by atoms with Crippen molar-refractivity contribution < 1.29 is 14.0 Å². The SMILES string of the molecule is CC(C)(C)NC(=O)OC1CC(CCc2cc(Nc3cc([C@H]4CC[C@@H](O[Si](C)(C)C(C)(C)C)C4)nn3C(C)(C)C)ccn2)C1. The van der Waals surface area contributed by atoms with Crippen LogP contribution in [0.4, 0.5) is 16.3 Å². The average Bonchev–Trinajstić information content (AvgIpc) is 3.45. The molecule has 9 heteroatoms. The molecular formula is C34H57N5O3Si. The maximum Gasteiger partial charge on any atom is 0.407 e. The Bertz CT molecular complexity index is 1250. The Morgan fingerprint density at radius 1 is 1.00 bits per heavy atom. The van der Waals surface area contributed by atoms with Crippen molar-refractivity contribution in [3.8, 4) is 0 Å². The first-order chi connectivity index (χ1) is 19.8. The lowest BCUT2D eigenvalue weighted by atomic mass is 9.79.